The Morgan fingerprint density at radius 3 is 2.76 bits per heavy atom. The Balaban J connectivity index is 1.99. The van der Waals surface area contributed by atoms with Gasteiger partial charge in [-0.2, -0.15) is 0 Å². The second-order valence-electron chi connectivity index (χ2n) is 4.20. The zero-order valence-corrected chi connectivity index (χ0v) is 12.5. The first-order chi connectivity index (χ1) is 10.2. The molecule has 0 saturated heterocycles. The molecule has 1 aromatic carbocycles. The summed E-state index contributed by atoms with van der Waals surface area (Å²) in [6.07, 6.45) is 0. The third-order valence-corrected chi connectivity index (χ3v) is 3.72. The number of benzene rings is 1. The van der Waals surface area contributed by atoms with Crippen molar-refractivity contribution in [3.8, 4) is 17.6 Å². The standard InChI is InChI=1S/C16H16N2O2S/c1-20-14-6-4-12(5-7-14)11-18-16(19)15-13(3-2-9-17)8-10-21-15/h4-8,10H,9,11,17H2,1H3,(H,18,19). The molecule has 1 aromatic heterocycles. The van der Waals surface area contributed by atoms with Crippen molar-refractivity contribution in [2.24, 2.45) is 5.73 Å². The van der Waals surface area contributed by atoms with Gasteiger partial charge < -0.3 is 15.8 Å². The van der Waals surface area contributed by atoms with Crippen LogP contribution >= 0.6 is 11.3 Å². The van der Waals surface area contributed by atoms with Crippen molar-refractivity contribution in [3.05, 3.63) is 51.7 Å². The molecule has 0 unspecified atom stereocenters. The van der Waals surface area contributed by atoms with Crippen LogP contribution in [0.3, 0.4) is 0 Å². The van der Waals surface area contributed by atoms with Crippen LogP contribution in [-0.4, -0.2) is 19.6 Å². The lowest BCUT2D eigenvalue weighted by atomic mass is 10.2. The second-order valence-corrected chi connectivity index (χ2v) is 5.12. The lowest BCUT2D eigenvalue weighted by Crippen LogP contribution is -2.22. The lowest BCUT2D eigenvalue weighted by molar-refractivity contribution is 0.0955. The fourth-order valence-electron chi connectivity index (χ4n) is 1.74. The Hall–Kier alpha value is -2.29. The van der Waals surface area contributed by atoms with E-state index >= 15 is 0 Å². The van der Waals surface area contributed by atoms with Crippen LogP contribution in [0.25, 0.3) is 0 Å². The van der Waals surface area contributed by atoms with E-state index in [1.165, 1.54) is 11.3 Å². The molecule has 2 rings (SSSR count). The monoisotopic (exact) mass is 300 g/mol. The summed E-state index contributed by atoms with van der Waals surface area (Å²) in [6, 6.07) is 9.40. The molecule has 0 radical (unpaired) electrons. The van der Waals surface area contributed by atoms with Crippen molar-refractivity contribution >= 4 is 17.2 Å². The number of carbonyl (C=O) groups excluding carboxylic acids is 1. The summed E-state index contributed by atoms with van der Waals surface area (Å²) in [5.74, 6) is 6.34. The maximum Gasteiger partial charge on any atom is 0.262 e. The summed E-state index contributed by atoms with van der Waals surface area (Å²) in [4.78, 5) is 12.8. The SMILES string of the molecule is COc1ccc(CNC(=O)c2sccc2C#CCN)cc1. The Kier molecular flexibility index (Phi) is 5.38. The third-order valence-electron chi connectivity index (χ3n) is 2.81. The molecule has 2 aromatic rings. The molecule has 21 heavy (non-hydrogen) atoms. The first kappa shape index (κ1) is 15.1. The maximum absolute atomic E-state index is 12.2. The average molecular weight is 300 g/mol. The summed E-state index contributed by atoms with van der Waals surface area (Å²) in [7, 11) is 1.62. The number of thiophene rings is 1. The van der Waals surface area contributed by atoms with Crippen LogP contribution < -0.4 is 15.8 Å². The predicted octanol–water partition coefficient (Wildman–Crippen LogP) is 2.00. The molecule has 5 heteroatoms. The van der Waals surface area contributed by atoms with Gasteiger partial charge in [0.05, 0.1) is 13.7 Å². The number of nitrogens with two attached hydrogens (primary N) is 1. The van der Waals surface area contributed by atoms with Crippen molar-refractivity contribution in [2.45, 2.75) is 6.54 Å². The first-order valence-corrected chi connectivity index (χ1v) is 7.30. The number of nitrogens with one attached hydrogen (secondary N) is 1. The molecule has 1 amide bonds. The van der Waals surface area contributed by atoms with Crippen LogP contribution in [-0.2, 0) is 6.54 Å². The van der Waals surface area contributed by atoms with Crippen LogP contribution in [0.4, 0.5) is 0 Å². The van der Waals surface area contributed by atoms with Crippen molar-refractivity contribution in [1.82, 2.24) is 5.32 Å². The first-order valence-electron chi connectivity index (χ1n) is 6.42. The Bertz CT molecular complexity index is 666. The zero-order valence-electron chi connectivity index (χ0n) is 11.7. The van der Waals surface area contributed by atoms with Gasteiger partial charge in [0.15, 0.2) is 0 Å². The number of carbonyl (C=O) groups is 1. The van der Waals surface area contributed by atoms with E-state index in [4.69, 9.17) is 10.5 Å². The molecule has 0 aliphatic carbocycles. The fourth-order valence-corrected chi connectivity index (χ4v) is 2.50. The van der Waals surface area contributed by atoms with Gasteiger partial charge in [-0.15, -0.1) is 11.3 Å². The quantitative estimate of drug-likeness (QED) is 0.849. The van der Waals surface area contributed by atoms with Crippen LogP contribution in [0.15, 0.2) is 35.7 Å². The summed E-state index contributed by atoms with van der Waals surface area (Å²) in [5.41, 5.74) is 7.08. The second kappa shape index (κ2) is 7.48. The highest BCUT2D eigenvalue weighted by Gasteiger charge is 2.11. The van der Waals surface area contributed by atoms with E-state index in [1.807, 2.05) is 35.7 Å². The van der Waals surface area contributed by atoms with E-state index < -0.39 is 0 Å². The molecule has 1 heterocycles. The number of ether oxygens (including phenoxy) is 1. The summed E-state index contributed by atoms with van der Waals surface area (Å²) >= 11 is 1.37. The van der Waals surface area contributed by atoms with E-state index in [0.29, 0.717) is 11.4 Å². The van der Waals surface area contributed by atoms with Crippen molar-refractivity contribution in [3.63, 3.8) is 0 Å². The normalized spacial score (nSPS) is 9.62. The van der Waals surface area contributed by atoms with Crippen LogP contribution in [0, 0.1) is 11.8 Å². The van der Waals surface area contributed by atoms with Gasteiger partial charge in [-0.1, -0.05) is 24.0 Å². The molecule has 0 aliphatic heterocycles. The predicted molar refractivity (Wildman–Crippen MR) is 84.4 cm³/mol. The highest BCUT2D eigenvalue weighted by atomic mass is 32.1. The lowest BCUT2D eigenvalue weighted by Gasteiger charge is -2.05. The number of hydrogen-bond donors (Lipinski definition) is 2. The third kappa shape index (κ3) is 4.09. The summed E-state index contributed by atoms with van der Waals surface area (Å²) in [6.45, 7) is 0.743. The van der Waals surface area contributed by atoms with Gasteiger partial charge in [0, 0.05) is 12.1 Å². The van der Waals surface area contributed by atoms with Gasteiger partial charge in [0.2, 0.25) is 0 Å². The molecular formula is C16H16N2O2S. The molecule has 0 saturated carbocycles. The van der Waals surface area contributed by atoms with Gasteiger partial charge in [-0.05, 0) is 29.1 Å². The van der Waals surface area contributed by atoms with Crippen molar-refractivity contribution in [2.75, 3.05) is 13.7 Å². The molecular weight excluding hydrogens is 284 g/mol. The zero-order chi connectivity index (χ0) is 15.1. The van der Waals surface area contributed by atoms with Gasteiger partial charge in [-0.25, -0.2) is 0 Å². The van der Waals surface area contributed by atoms with Crippen LogP contribution in [0.5, 0.6) is 5.75 Å². The highest BCUT2D eigenvalue weighted by Crippen LogP contribution is 2.16. The van der Waals surface area contributed by atoms with Gasteiger partial charge in [0.1, 0.15) is 10.6 Å². The number of amides is 1. The summed E-state index contributed by atoms with van der Waals surface area (Å²) in [5, 5.41) is 4.74. The van der Waals surface area contributed by atoms with Gasteiger partial charge in [0.25, 0.3) is 5.91 Å². The van der Waals surface area contributed by atoms with Crippen molar-refractivity contribution in [1.29, 1.82) is 0 Å². The Labute approximate surface area is 127 Å². The van der Waals surface area contributed by atoms with E-state index in [1.54, 1.807) is 7.11 Å². The topological polar surface area (TPSA) is 64.3 Å². The summed E-state index contributed by atoms with van der Waals surface area (Å²) < 4.78 is 5.10. The molecule has 0 atom stereocenters. The Morgan fingerprint density at radius 1 is 1.33 bits per heavy atom. The minimum atomic E-state index is -0.123. The van der Waals surface area contributed by atoms with Crippen molar-refractivity contribution < 1.29 is 9.53 Å². The van der Waals surface area contributed by atoms with E-state index in [9.17, 15) is 4.79 Å². The van der Waals surface area contributed by atoms with Gasteiger partial charge in [-0.3, -0.25) is 4.79 Å². The average Bonchev–Trinajstić information content (AvgIpc) is 2.99. The van der Waals surface area contributed by atoms with Crippen LogP contribution in [0.1, 0.15) is 20.8 Å². The van der Waals surface area contributed by atoms with Gasteiger partial charge >= 0.3 is 0 Å². The minimum absolute atomic E-state index is 0.123. The number of hydrogen-bond acceptors (Lipinski definition) is 4. The number of rotatable bonds is 4. The molecule has 0 fully saturated rings. The van der Waals surface area contributed by atoms with E-state index in [-0.39, 0.29) is 12.5 Å². The number of methoxy groups -OCH3 is 1. The maximum atomic E-state index is 12.2. The fraction of sp³-hybridized carbons (Fsp3) is 0.188. The largest absolute Gasteiger partial charge is 0.497 e. The molecule has 4 nitrogen and oxygen atoms in total. The van der Waals surface area contributed by atoms with Crippen LogP contribution in [0.2, 0.25) is 0 Å². The van der Waals surface area contributed by atoms with E-state index in [2.05, 4.69) is 17.2 Å². The molecule has 108 valence electrons. The minimum Gasteiger partial charge on any atom is -0.497 e. The molecule has 0 aliphatic rings. The Morgan fingerprint density at radius 2 is 2.10 bits per heavy atom. The molecule has 0 bridgehead atoms. The highest BCUT2D eigenvalue weighted by molar-refractivity contribution is 7.12. The molecule has 3 N–H and O–H groups in total. The van der Waals surface area contributed by atoms with E-state index in [0.717, 1.165) is 16.9 Å². The smallest absolute Gasteiger partial charge is 0.262 e. The molecule has 0 spiro atoms.